The van der Waals surface area contributed by atoms with Gasteiger partial charge >= 0.3 is 6.03 Å². The summed E-state index contributed by atoms with van der Waals surface area (Å²) < 4.78 is 0. The Labute approximate surface area is 160 Å². The molecule has 3 heterocycles. The lowest BCUT2D eigenvalue weighted by Crippen LogP contribution is -2.56. The lowest BCUT2D eigenvalue weighted by molar-refractivity contribution is -0.144. The first kappa shape index (κ1) is 19.6. The van der Waals surface area contributed by atoms with E-state index in [1.54, 1.807) is 4.90 Å². The second-order valence-electron chi connectivity index (χ2n) is 8.56. The van der Waals surface area contributed by atoms with Gasteiger partial charge < -0.3 is 15.1 Å². The van der Waals surface area contributed by atoms with E-state index in [1.165, 1.54) is 0 Å². The van der Waals surface area contributed by atoms with Crippen molar-refractivity contribution < 1.29 is 19.2 Å². The van der Waals surface area contributed by atoms with Gasteiger partial charge in [0.05, 0.1) is 6.54 Å². The van der Waals surface area contributed by atoms with Crippen LogP contribution in [0.15, 0.2) is 0 Å². The van der Waals surface area contributed by atoms with E-state index in [1.807, 2.05) is 4.90 Å². The van der Waals surface area contributed by atoms with E-state index in [9.17, 15) is 19.2 Å². The van der Waals surface area contributed by atoms with Crippen molar-refractivity contribution in [1.29, 1.82) is 0 Å². The number of nitrogens with one attached hydrogen (secondary N) is 1. The minimum Gasteiger partial charge on any atom is -0.342 e. The number of carbonyl (C=O) groups is 4. The summed E-state index contributed by atoms with van der Waals surface area (Å²) in [5.74, 6) is 0.210. The highest BCUT2D eigenvalue weighted by molar-refractivity contribution is 6.04. The molecule has 1 atom stereocenters. The monoisotopic (exact) mass is 378 g/mol. The Hall–Kier alpha value is -2.12. The molecule has 3 aliphatic rings. The number of likely N-dealkylation sites (tertiary alicyclic amines) is 2. The van der Waals surface area contributed by atoms with Crippen LogP contribution in [0.2, 0.25) is 0 Å². The first-order valence-corrected chi connectivity index (χ1v) is 9.93. The largest absolute Gasteiger partial charge is 0.342 e. The number of imide groups is 1. The fourth-order valence-corrected chi connectivity index (χ4v) is 4.32. The summed E-state index contributed by atoms with van der Waals surface area (Å²) in [5.41, 5.74) is -0.0594. The fraction of sp³-hybridized carbons (Fsp3) is 0.789. The van der Waals surface area contributed by atoms with Crippen molar-refractivity contribution in [1.82, 2.24) is 20.0 Å². The molecule has 3 saturated heterocycles. The molecule has 0 aliphatic carbocycles. The lowest BCUT2D eigenvalue weighted by Gasteiger charge is -2.48. The molecule has 0 aromatic heterocycles. The fourth-order valence-electron chi connectivity index (χ4n) is 4.32. The topological polar surface area (TPSA) is 90.0 Å². The number of hydrogen-bond acceptors (Lipinski definition) is 4. The molecular formula is C19H30N4O4. The summed E-state index contributed by atoms with van der Waals surface area (Å²) in [6.07, 6.45) is 4.21. The molecule has 8 nitrogen and oxygen atoms in total. The van der Waals surface area contributed by atoms with Crippen molar-refractivity contribution in [3.8, 4) is 0 Å². The third kappa shape index (κ3) is 4.42. The molecule has 5 amide bonds. The number of nitrogens with zero attached hydrogens (tertiary/aromatic N) is 3. The number of carbonyl (C=O) groups excluding carboxylic acids is 4. The maximum atomic E-state index is 12.7. The average molecular weight is 378 g/mol. The number of rotatable bonds is 5. The van der Waals surface area contributed by atoms with Gasteiger partial charge in [0.15, 0.2) is 0 Å². The van der Waals surface area contributed by atoms with Gasteiger partial charge in [-0.3, -0.25) is 19.3 Å². The molecule has 0 radical (unpaired) electrons. The molecule has 3 rings (SSSR count). The summed E-state index contributed by atoms with van der Waals surface area (Å²) >= 11 is 0. The molecule has 0 saturated carbocycles. The third-order valence-electron chi connectivity index (χ3n) is 5.97. The minimum absolute atomic E-state index is 0.0387. The zero-order valence-electron chi connectivity index (χ0n) is 16.3. The summed E-state index contributed by atoms with van der Waals surface area (Å²) in [7, 11) is 0. The summed E-state index contributed by atoms with van der Waals surface area (Å²) in [6.45, 7) is 6.78. The van der Waals surface area contributed by atoms with E-state index in [2.05, 4.69) is 19.2 Å². The maximum absolute atomic E-state index is 12.7. The molecule has 0 bridgehead atoms. The molecule has 1 N–H and O–H groups in total. The number of hydrogen-bond donors (Lipinski definition) is 1. The van der Waals surface area contributed by atoms with Gasteiger partial charge in [-0.2, -0.15) is 0 Å². The summed E-state index contributed by atoms with van der Waals surface area (Å²) in [5, 5.41) is 2.44. The van der Waals surface area contributed by atoms with Gasteiger partial charge in [-0.05, 0) is 31.6 Å². The Morgan fingerprint density at radius 1 is 1.15 bits per heavy atom. The van der Waals surface area contributed by atoms with Gasteiger partial charge in [0.1, 0.15) is 6.54 Å². The number of piperidine rings is 2. The summed E-state index contributed by atoms with van der Waals surface area (Å²) in [6, 6.07) is -0.497. The molecule has 3 fully saturated rings. The Morgan fingerprint density at radius 3 is 2.59 bits per heavy atom. The van der Waals surface area contributed by atoms with E-state index in [-0.39, 0.29) is 36.2 Å². The predicted molar refractivity (Wildman–Crippen MR) is 98.6 cm³/mol. The molecule has 0 aromatic rings. The van der Waals surface area contributed by atoms with Gasteiger partial charge in [0.25, 0.3) is 5.91 Å². The van der Waals surface area contributed by atoms with Crippen LogP contribution < -0.4 is 5.32 Å². The molecule has 8 heteroatoms. The zero-order chi connectivity index (χ0) is 19.6. The van der Waals surface area contributed by atoms with Crippen molar-refractivity contribution in [2.45, 2.75) is 46.0 Å². The van der Waals surface area contributed by atoms with E-state index in [0.29, 0.717) is 32.0 Å². The van der Waals surface area contributed by atoms with Crippen LogP contribution in [0.25, 0.3) is 0 Å². The highest BCUT2D eigenvalue weighted by Crippen LogP contribution is 2.39. The second kappa shape index (κ2) is 7.86. The SMILES string of the molecule is CC(C)CCN1CC2(CCCN(C(=O)CN3C(=O)CNC3=O)C2)CCC1=O. The van der Waals surface area contributed by atoms with Crippen LogP contribution >= 0.6 is 0 Å². The minimum atomic E-state index is -0.497. The van der Waals surface area contributed by atoms with Crippen LogP contribution in [0.4, 0.5) is 4.79 Å². The molecular weight excluding hydrogens is 348 g/mol. The normalized spacial score (nSPS) is 26.3. The van der Waals surface area contributed by atoms with E-state index in [4.69, 9.17) is 0 Å². The quantitative estimate of drug-likeness (QED) is 0.717. The predicted octanol–water partition coefficient (Wildman–Crippen LogP) is 0.816. The van der Waals surface area contributed by atoms with Crippen LogP contribution in [0.5, 0.6) is 0 Å². The Kier molecular flexibility index (Phi) is 5.72. The Bertz CT molecular complexity index is 619. The Morgan fingerprint density at radius 2 is 1.93 bits per heavy atom. The second-order valence-corrected chi connectivity index (χ2v) is 8.56. The summed E-state index contributed by atoms with van der Waals surface area (Å²) in [4.78, 5) is 53.2. The van der Waals surface area contributed by atoms with Crippen LogP contribution in [-0.4, -0.2) is 77.7 Å². The molecule has 27 heavy (non-hydrogen) atoms. The molecule has 1 spiro atoms. The van der Waals surface area contributed by atoms with Crippen LogP contribution in [0, 0.1) is 11.3 Å². The molecule has 3 aliphatic heterocycles. The van der Waals surface area contributed by atoms with E-state index in [0.717, 1.165) is 37.1 Å². The van der Waals surface area contributed by atoms with Crippen molar-refractivity contribution in [3.63, 3.8) is 0 Å². The van der Waals surface area contributed by atoms with Gasteiger partial charge in [0, 0.05) is 38.0 Å². The van der Waals surface area contributed by atoms with Crippen molar-refractivity contribution in [3.05, 3.63) is 0 Å². The van der Waals surface area contributed by atoms with E-state index < -0.39 is 6.03 Å². The van der Waals surface area contributed by atoms with Gasteiger partial charge in [-0.25, -0.2) is 4.79 Å². The highest BCUT2D eigenvalue weighted by Gasteiger charge is 2.43. The van der Waals surface area contributed by atoms with Crippen LogP contribution in [0.1, 0.15) is 46.0 Å². The zero-order valence-corrected chi connectivity index (χ0v) is 16.3. The molecule has 0 aromatic carbocycles. The lowest BCUT2D eigenvalue weighted by atomic mass is 9.73. The van der Waals surface area contributed by atoms with Gasteiger partial charge in [0.2, 0.25) is 11.8 Å². The van der Waals surface area contributed by atoms with Crippen molar-refractivity contribution >= 4 is 23.8 Å². The average Bonchev–Trinajstić information content (AvgIpc) is 2.95. The smallest absolute Gasteiger partial charge is 0.325 e. The highest BCUT2D eigenvalue weighted by atomic mass is 16.2. The van der Waals surface area contributed by atoms with Crippen LogP contribution in [0.3, 0.4) is 0 Å². The van der Waals surface area contributed by atoms with Gasteiger partial charge in [-0.15, -0.1) is 0 Å². The number of urea groups is 1. The van der Waals surface area contributed by atoms with Crippen molar-refractivity contribution in [2.24, 2.45) is 11.3 Å². The van der Waals surface area contributed by atoms with Crippen LogP contribution in [-0.2, 0) is 14.4 Å². The first-order chi connectivity index (χ1) is 12.8. The van der Waals surface area contributed by atoms with E-state index >= 15 is 0 Å². The Balaban J connectivity index is 1.62. The standard InChI is InChI=1S/C19H30N4O4/c1-14(2)5-9-22-13-19(7-4-15(22)24)6-3-8-21(12-19)17(26)11-23-16(25)10-20-18(23)27/h14H,3-13H2,1-2H3,(H,20,27). The first-order valence-electron chi connectivity index (χ1n) is 9.93. The van der Waals surface area contributed by atoms with Crippen molar-refractivity contribution in [2.75, 3.05) is 39.3 Å². The maximum Gasteiger partial charge on any atom is 0.325 e. The molecule has 150 valence electrons. The van der Waals surface area contributed by atoms with Gasteiger partial charge in [-0.1, -0.05) is 13.8 Å². The molecule has 1 unspecified atom stereocenters. The third-order valence-corrected chi connectivity index (χ3v) is 5.97. The number of amides is 5.